The lowest BCUT2D eigenvalue weighted by Crippen LogP contribution is -2.33. The molecule has 1 amide bonds. The number of benzene rings is 2. The second kappa shape index (κ2) is 9.72. The summed E-state index contributed by atoms with van der Waals surface area (Å²) in [6, 6.07) is 13.0. The van der Waals surface area contributed by atoms with Crippen molar-refractivity contribution in [2.24, 2.45) is 0 Å². The molecule has 3 rings (SSSR count). The summed E-state index contributed by atoms with van der Waals surface area (Å²) in [5.74, 6) is -0.823. The van der Waals surface area contributed by atoms with Crippen molar-refractivity contribution in [3.8, 4) is 0 Å². The second-order valence-corrected chi connectivity index (χ2v) is 8.10. The summed E-state index contributed by atoms with van der Waals surface area (Å²) in [4.78, 5) is 25.1. The molecule has 30 heavy (non-hydrogen) atoms. The van der Waals surface area contributed by atoms with E-state index in [9.17, 15) is 14.7 Å². The maximum absolute atomic E-state index is 12.3. The van der Waals surface area contributed by atoms with Gasteiger partial charge < -0.3 is 15.1 Å². The molecular weight excluding hydrogens is 378 g/mol. The normalized spacial score (nSPS) is 17.6. The van der Waals surface area contributed by atoms with E-state index in [1.165, 1.54) is 11.1 Å². The van der Waals surface area contributed by atoms with E-state index in [0.717, 1.165) is 17.5 Å². The van der Waals surface area contributed by atoms with Gasteiger partial charge in [0.1, 0.15) is 0 Å². The first-order valence-electron chi connectivity index (χ1n) is 10.4. The number of carbonyl (C=O) groups is 2. The van der Waals surface area contributed by atoms with Gasteiger partial charge in [-0.05, 0) is 49.9 Å². The van der Waals surface area contributed by atoms with Crippen LogP contribution in [0.5, 0.6) is 0 Å². The van der Waals surface area contributed by atoms with Gasteiger partial charge in [0.15, 0.2) is 0 Å². The number of carboxylic acids is 1. The molecule has 2 aromatic carbocycles. The van der Waals surface area contributed by atoms with Crippen LogP contribution in [0.15, 0.2) is 54.6 Å². The number of nitrogens with zero attached hydrogens (tertiary/aromatic N) is 1. The molecular formula is C25H29NO4. The number of hydrogen-bond donors (Lipinski definition) is 2. The van der Waals surface area contributed by atoms with Crippen molar-refractivity contribution in [1.29, 1.82) is 0 Å². The molecule has 5 heteroatoms. The van der Waals surface area contributed by atoms with Gasteiger partial charge >= 0.3 is 5.97 Å². The van der Waals surface area contributed by atoms with Gasteiger partial charge in [-0.3, -0.25) is 4.79 Å². The maximum Gasteiger partial charge on any atom is 0.335 e. The quantitative estimate of drug-likeness (QED) is 0.654. The van der Waals surface area contributed by atoms with Crippen molar-refractivity contribution in [1.82, 2.24) is 4.90 Å². The Balaban J connectivity index is 1.57. The molecule has 0 saturated carbocycles. The van der Waals surface area contributed by atoms with Gasteiger partial charge in [0, 0.05) is 19.4 Å². The molecule has 5 nitrogen and oxygen atoms in total. The monoisotopic (exact) mass is 407 g/mol. The molecule has 1 saturated heterocycles. The smallest absolute Gasteiger partial charge is 0.335 e. The Kier molecular flexibility index (Phi) is 7.06. The van der Waals surface area contributed by atoms with E-state index in [1.807, 2.05) is 11.0 Å². The summed E-state index contributed by atoms with van der Waals surface area (Å²) in [5, 5.41) is 19.4. The summed E-state index contributed by atoms with van der Waals surface area (Å²) in [5.41, 5.74) is 4.73. The number of aliphatic hydroxyl groups is 1. The first kappa shape index (κ1) is 21.8. The van der Waals surface area contributed by atoms with Crippen LogP contribution in [0.1, 0.15) is 45.5 Å². The van der Waals surface area contributed by atoms with Gasteiger partial charge in [-0.15, -0.1) is 0 Å². The van der Waals surface area contributed by atoms with Crippen LogP contribution in [0.3, 0.4) is 0 Å². The topological polar surface area (TPSA) is 77.8 Å². The van der Waals surface area contributed by atoms with Crippen LogP contribution in [-0.4, -0.2) is 45.7 Å². The molecule has 0 radical (unpaired) electrons. The highest BCUT2D eigenvalue weighted by atomic mass is 16.4. The third-order valence-corrected chi connectivity index (χ3v) is 5.50. The summed E-state index contributed by atoms with van der Waals surface area (Å²) in [7, 11) is 0. The first-order valence-corrected chi connectivity index (χ1v) is 10.4. The number of aliphatic hydroxyl groups excluding tert-OH is 1. The van der Waals surface area contributed by atoms with Crippen LogP contribution in [-0.2, 0) is 17.6 Å². The van der Waals surface area contributed by atoms with Gasteiger partial charge in [-0.25, -0.2) is 4.79 Å². The predicted molar refractivity (Wildman–Crippen MR) is 117 cm³/mol. The lowest BCUT2D eigenvalue weighted by atomic mass is 10.0. The van der Waals surface area contributed by atoms with E-state index in [1.54, 1.807) is 30.3 Å². The van der Waals surface area contributed by atoms with Gasteiger partial charge in [0.2, 0.25) is 5.91 Å². The fraction of sp³-hybridized carbons (Fsp3) is 0.360. The molecule has 1 fully saturated rings. The maximum atomic E-state index is 12.3. The molecule has 0 bridgehead atoms. The minimum Gasteiger partial charge on any atom is -0.478 e. The van der Waals surface area contributed by atoms with Crippen molar-refractivity contribution in [2.75, 3.05) is 6.54 Å². The highest BCUT2D eigenvalue weighted by Crippen LogP contribution is 2.21. The Bertz CT molecular complexity index is 912. The van der Waals surface area contributed by atoms with Crippen LogP contribution in [0.4, 0.5) is 0 Å². The van der Waals surface area contributed by atoms with E-state index in [0.29, 0.717) is 25.8 Å². The number of aromatic carboxylic acids is 1. The lowest BCUT2D eigenvalue weighted by Gasteiger charge is -2.23. The largest absolute Gasteiger partial charge is 0.478 e. The Morgan fingerprint density at radius 3 is 2.43 bits per heavy atom. The third-order valence-electron chi connectivity index (χ3n) is 5.50. The molecule has 0 aromatic heterocycles. The molecule has 0 spiro atoms. The summed E-state index contributed by atoms with van der Waals surface area (Å²) in [6.07, 6.45) is 5.65. The molecule has 158 valence electrons. The summed E-state index contributed by atoms with van der Waals surface area (Å²) < 4.78 is 0. The van der Waals surface area contributed by atoms with Crippen LogP contribution in [0, 0.1) is 13.8 Å². The molecule has 1 aliphatic rings. The Labute approximate surface area is 177 Å². The zero-order valence-corrected chi connectivity index (χ0v) is 17.5. The number of rotatable bonds is 8. The molecule has 1 aliphatic heterocycles. The Morgan fingerprint density at radius 2 is 1.80 bits per heavy atom. The fourth-order valence-electron chi connectivity index (χ4n) is 4.06. The molecule has 0 unspecified atom stereocenters. The number of likely N-dealkylation sites (tertiary alicyclic amines) is 1. The lowest BCUT2D eigenvalue weighted by molar-refractivity contribution is -0.128. The van der Waals surface area contributed by atoms with Crippen LogP contribution in [0.25, 0.3) is 0 Å². The van der Waals surface area contributed by atoms with Crippen molar-refractivity contribution < 1.29 is 19.8 Å². The van der Waals surface area contributed by atoms with Crippen molar-refractivity contribution >= 4 is 11.9 Å². The first-order chi connectivity index (χ1) is 14.3. The average Bonchev–Trinajstić information content (AvgIpc) is 3.03. The minimum atomic E-state index is -0.944. The third kappa shape index (κ3) is 5.80. The standard InChI is InChI=1S/C25H29NO4/c1-17-13-18(2)15-20(14-17)16-23(27)9-7-22-8-10-24(28)26(22)12-11-19-3-5-21(6-4-19)25(29)30/h3-7,9,13-15,22-23,27H,8,10-12,16H2,1-2H3,(H,29,30)/b9-7+/t22-,23+/m0/s1. The molecule has 2 aromatic rings. The van der Waals surface area contributed by atoms with Crippen LogP contribution < -0.4 is 0 Å². The van der Waals surface area contributed by atoms with E-state index in [2.05, 4.69) is 32.0 Å². The van der Waals surface area contributed by atoms with E-state index < -0.39 is 12.1 Å². The van der Waals surface area contributed by atoms with Crippen molar-refractivity contribution in [3.63, 3.8) is 0 Å². The number of carbonyl (C=O) groups excluding carboxylic acids is 1. The molecule has 0 aliphatic carbocycles. The predicted octanol–water partition coefficient (Wildman–Crippen LogP) is 3.69. The number of carboxylic acid groups (broad SMARTS) is 1. The Hall–Kier alpha value is -2.92. The van der Waals surface area contributed by atoms with Crippen LogP contribution in [0.2, 0.25) is 0 Å². The minimum absolute atomic E-state index is 0.00955. The average molecular weight is 408 g/mol. The SMILES string of the molecule is Cc1cc(C)cc(C[C@H](O)/C=C/[C@H]2CCC(=O)N2CCc2ccc(C(=O)O)cc2)c1. The van der Waals surface area contributed by atoms with Gasteiger partial charge in [0.05, 0.1) is 17.7 Å². The van der Waals surface area contributed by atoms with E-state index in [-0.39, 0.29) is 17.5 Å². The number of hydrogen-bond acceptors (Lipinski definition) is 3. The fourth-order valence-corrected chi connectivity index (χ4v) is 4.06. The summed E-state index contributed by atoms with van der Waals surface area (Å²) >= 11 is 0. The van der Waals surface area contributed by atoms with Gasteiger partial charge in [0.25, 0.3) is 0 Å². The highest BCUT2D eigenvalue weighted by molar-refractivity contribution is 5.87. The zero-order chi connectivity index (χ0) is 21.7. The number of amides is 1. The molecule has 1 heterocycles. The van der Waals surface area contributed by atoms with E-state index >= 15 is 0 Å². The van der Waals surface area contributed by atoms with Crippen LogP contribution >= 0.6 is 0 Å². The molecule has 2 N–H and O–H groups in total. The Morgan fingerprint density at radius 1 is 1.13 bits per heavy atom. The highest BCUT2D eigenvalue weighted by Gasteiger charge is 2.28. The zero-order valence-electron chi connectivity index (χ0n) is 17.5. The number of aryl methyl sites for hydroxylation is 2. The van der Waals surface area contributed by atoms with Gasteiger partial charge in [-0.2, -0.15) is 0 Å². The van der Waals surface area contributed by atoms with Gasteiger partial charge in [-0.1, -0.05) is 53.6 Å². The van der Waals surface area contributed by atoms with Crippen molar-refractivity contribution in [3.05, 3.63) is 82.4 Å². The second-order valence-electron chi connectivity index (χ2n) is 8.10. The molecule has 2 atom stereocenters. The van der Waals surface area contributed by atoms with E-state index in [4.69, 9.17) is 5.11 Å². The summed E-state index contributed by atoms with van der Waals surface area (Å²) in [6.45, 7) is 4.68. The van der Waals surface area contributed by atoms with Crippen molar-refractivity contribution in [2.45, 2.75) is 51.7 Å².